The van der Waals surface area contributed by atoms with Crippen molar-refractivity contribution in [1.29, 1.82) is 0 Å². The molecule has 0 aliphatic heterocycles. The third kappa shape index (κ3) is 3.51. The van der Waals surface area contributed by atoms with Gasteiger partial charge in [-0.1, -0.05) is 54.0 Å². The lowest BCUT2D eigenvalue weighted by Gasteiger charge is -2.70. The number of carbonyl (C=O) groups excluding carboxylic acids is 3. The molecule has 5 heteroatoms. The van der Waals surface area contributed by atoms with E-state index in [-0.39, 0.29) is 62.7 Å². The third-order valence-electron chi connectivity index (χ3n) is 13.2. The van der Waals surface area contributed by atoms with Crippen LogP contribution in [0.2, 0.25) is 0 Å². The molecule has 0 unspecified atom stereocenters. The first-order chi connectivity index (χ1) is 17.5. The van der Waals surface area contributed by atoms with E-state index in [2.05, 4.69) is 48.5 Å². The van der Waals surface area contributed by atoms with Crippen LogP contribution in [0.1, 0.15) is 113 Å². The van der Waals surface area contributed by atoms with E-state index in [1.54, 1.807) is 0 Å². The zero-order chi connectivity index (χ0) is 28.1. The number of hydrogen-bond donors (Lipinski definition) is 0. The van der Waals surface area contributed by atoms with Crippen molar-refractivity contribution < 1.29 is 23.9 Å². The second-order valence-electron chi connectivity index (χ2n) is 15.8. The van der Waals surface area contributed by atoms with E-state index >= 15 is 0 Å². The predicted octanol–water partition coefficient (Wildman–Crippen LogP) is 7.07. The van der Waals surface area contributed by atoms with Crippen molar-refractivity contribution in [3.05, 3.63) is 11.6 Å². The molecule has 0 spiro atoms. The molecule has 5 aliphatic rings. The van der Waals surface area contributed by atoms with Crippen molar-refractivity contribution in [2.45, 2.75) is 119 Å². The number of ketones is 1. The molecular weight excluding hydrogens is 476 g/mol. The maximum Gasteiger partial charge on any atom is 0.312 e. The summed E-state index contributed by atoms with van der Waals surface area (Å²) in [7, 11) is 1.52. The van der Waals surface area contributed by atoms with E-state index in [0.29, 0.717) is 5.92 Å². The van der Waals surface area contributed by atoms with E-state index in [1.807, 2.05) is 6.08 Å². The summed E-state index contributed by atoms with van der Waals surface area (Å²) in [6.07, 6.45) is 10.2. The Kier molecular flexibility index (Phi) is 6.19. The van der Waals surface area contributed by atoms with Crippen LogP contribution >= 0.6 is 0 Å². The van der Waals surface area contributed by atoms with Gasteiger partial charge in [-0.15, -0.1) is 0 Å². The molecule has 5 aliphatic carbocycles. The van der Waals surface area contributed by atoms with Gasteiger partial charge in [-0.25, -0.2) is 0 Å². The lowest BCUT2D eigenvalue weighted by molar-refractivity contribution is -0.211. The van der Waals surface area contributed by atoms with Crippen LogP contribution in [0.15, 0.2) is 11.6 Å². The van der Waals surface area contributed by atoms with Crippen molar-refractivity contribution in [2.75, 3.05) is 7.11 Å². The van der Waals surface area contributed by atoms with Crippen LogP contribution < -0.4 is 0 Å². The highest BCUT2D eigenvalue weighted by atomic mass is 16.5. The number of fused-ring (bicyclic) bond motifs is 7. The molecule has 0 N–H and O–H groups in total. The molecule has 5 rings (SSSR count). The fraction of sp³-hybridized carbons (Fsp3) is 0.848. The first-order valence-electron chi connectivity index (χ1n) is 15.0. The number of ether oxygens (including phenoxy) is 2. The molecule has 0 bridgehead atoms. The molecule has 5 nitrogen and oxygen atoms in total. The SMILES string of the molecule is COC(=O)[C@]12CCC(C)(C)C[C@@H]1C1=CC(=O)[C@@H]3[C@@]4(C)CC[C@H](OC(C)=O)C(C)(C)[C@@H]4CC[C@@]3(C)[C@]1(C)CC2. The van der Waals surface area contributed by atoms with Gasteiger partial charge in [-0.2, -0.15) is 0 Å². The first-order valence-corrected chi connectivity index (χ1v) is 15.0. The molecule has 0 radical (unpaired) electrons. The fourth-order valence-corrected chi connectivity index (χ4v) is 11.0. The average Bonchev–Trinajstić information content (AvgIpc) is 2.81. The zero-order valence-electron chi connectivity index (χ0n) is 25.3. The minimum absolute atomic E-state index is 0.0563. The molecule has 8 atom stereocenters. The summed E-state index contributed by atoms with van der Waals surface area (Å²) in [5.41, 5.74) is 0.207. The van der Waals surface area contributed by atoms with Gasteiger partial charge in [0.1, 0.15) is 6.10 Å². The van der Waals surface area contributed by atoms with Crippen molar-refractivity contribution in [1.82, 2.24) is 0 Å². The molecule has 0 aromatic carbocycles. The number of hydrogen-bond acceptors (Lipinski definition) is 5. The van der Waals surface area contributed by atoms with Gasteiger partial charge in [0.05, 0.1) is 12.5 Å². The molecule has 0 amide bonds. The van der Waals surface area contributed by atoms with Crippen LogP contribution in [0.25, 0.3) is 0 Å². The summed E-state index contributed by atoms with van der Waals surface area (Å²) in [5, 5.41) is 0. The van der Waals surface area contributed by atoms with Gasteiger partial charge in [0.2, 0.25) is 0 Å². The van der Waals surface area contributed by atoms with Crippen LogP contribution in [-0.2, 0) is 23.9 Å². The lowest BCUT2D eigenvalue weighted by Crippen LogP contribution is -2.67. The van der Waals surface area contributed by atoms with Gasteiger partial charge in [-0.3, -0.25) is 14.4 Å². The number of esters is 2. The average molecular weight is 527 g/mol. The zero-order valence-corrected chi connectivity index (χ0v) is 25.3. The molecule has 0 saturated heterocycles. The Morgan fingerprint density at radius 3 is 2.18 bits per heavy atom. The predicted molar refractivity (Wildman–Crippen MR) is 147 cm³/mol. The summed E-state index contributed by atoms with van der Waals surface area (Å²) in [6.45, 7) is 17.8. The second kappa shape index (κ2) is 8.43. The fourth-order valence-electron chi connectivity index (χ4n) is 11.0. The highest BCUT2D eigenvalue weighted by Gasteiger charge is 2.71. The van der Waals surface area contributed by atoms with Crippen LogP contribution in [0, 0.1) is 50.2 Å². The Hall–Kier alpha value is -1.65. The summed E-state index contributed by atoms with van der Waals surface area (Å²) in [6, 6.07) is 0. The van der Waals surface area contributed by atoms with Crippen molar-refractivity contribution in [2.24, 2.45) is 50.2 Å². The van der Waals surface area contributed by atoms with Crippen LogP contribution in [0.3, 0.4) is 0 Å². The minimum Gasteiger partial charge on any atom is -0.469 e. The van der Waals surface area contributed by atoms with Crippen LogP contribution in [0.4, 0.5) is 0 Å². The van der Waals surface area contributed by atoms with Gasteiger partial charge >= 0.3 is 11.9 Å². The topological polar surface area (TPSA) is 69.7 Å². The van der Waals surface area contributed by atoms with Crippen molar-refractivity contribution >= 4 is 17.7 Å². The molecule has 0 aromatic heterocycles. The van der Waals surface area contributed by atoms with Crippen LogP contribution in [0.5, 0.6) is 0 Å². The monoisotopic (exact) mass is 526 g/mol. The molecule has 212 valence electrons. The van der Waals surface area contributed by atoms with Gasteiger partial charge in [0.25, 0.3) is 0 Å². The standard InChI is InChI=1S/C33H50O5/c1-20(34)38-25-11-12-30(6)24(29(25,4)5)10-13-32(8)26(30)23(35)18-21-22-19-28(2,3)14-16-33(22,27(36)37-9)17-15-31(21,32)7/h18,22,24-26H,10-17,19H2,1-9H3/t22-,24+,25+,26-,30+,31-,32-,33+/m1/s1. The van der Waals surface area contributed by atoms with Gasteiger partial charge in [0.15, 0.2) is 5.78 Å². The highest BCUT2D eigenvalue weighted by Crippen LogP contribution is 2.75. The van der Waals surface area contributed by atoms with Gasteiger partial charge < -0.3 is 9.47 Å². The Morgan fingerprint density at radius 1 is 0.895 bits per heavy atom. The number of rotatable bonds is 2. The Balaban J connectivity index is 1.60. The van der Waals surface area contributed by atoms with E-state index in [0.717, 1.165) is 57.8 Å². The van der Waals surface area contributed by atoms with E-state index in [4.69, 9.17) is 9.47 Å². The van der Waals surface area contributed by atoms with E-state index < -0.39 is 5.41 Å². The number of carbonyl (C=O) groups is 3. The number of methoxy groups -OCH3 is 1. The molecule has 38 heavy (non-hydrogen) atoms. The Labute approximate surface area is 229 Å². The maximum atomic E-state index is 14.5. The smallest absolute Gasteiger partial charge is 0.312 e. The van der Waals surface area contributed by atoms with E-state index in [1.165, 1.54) is 19.6 Å². The molecule has 4 fully saturated rings. The van der Waals surface area contributed by atoms with Gasteiger partial charge in [0, 0.05) is 18.3 Å². The third-order valence-corrected chi connectivity index (χ3v) is 13.2. The molecule has 0 heterocycles. The Morgan fingerprint density at radius 2 is 1.55 bits per heavy atom. The minimum atomic E-state index is -0.510. The van der Waals surface area contributed by atoms with Crippen molar-refractivity contribution in [3.63, 3.8) is 0 Å². The molecule has 0 aromatic rings. The normalized spacial score (nSPS) is 46.9. The van der Waals surface area contributed by atoms with Gasteiger partial charge in [-0.05, 0) is 97.4 Å². The molecule has 4 saturated carbocycles. The quantitative estimate of drug-likeness (QED) is 0.360. The first kappa shape index (κ1) is 27.9. The highest BCUT2D eigenvalue weighted by molar-refractivity contribution is 5.96. The maximum absolute atomic E-state index is 14.5. The summed E-state index contributed by atoms with van der Waals surface area (Å²) in [5.74, 6) is 0.260. The summed E-state index contributed by atoms with van der Waals surface area (Å²) < 4.78 is 11.3. The van der Waals surface area contributed by atoms with Crippen molar-refractivity contribution in [3.8, 4) is 0 Å². The number of allylic oxidation sites excluding steroid dienone is 2. The Bertz CT molecular complexity index is 1080. The summed E-state index contributed by atoms with van der Waals surface area (Å²) in [4.78, 5) is 39.8. The van der Waals surface area contributed by atoms with Crippen LogP contribution in [-0.4, -0.2) is 30.9 Å². The lowest BCUT2D eigenvalue weighted by atomic mass is 9.33. The van der Waals surface area contributed by atoms with E-state index in [9.17, 15) is 14.4 Å². The summed E-state index contributed by atoms with van der Waals surface area (Å²) >= 11 is 0. The molecular formula is C33H50O5. The second-order valence-corrected chi connectivity index (χ2v) is 15.8. The largest absolute Gasteiger partial charge is 0.469 e.